The third-order valence-electron chi connectivity index (χ3n) is 4.12. The highest BCUT2D eigenvalue weighted by atomic mass is 19.4. The lowest BCUT2D eigenvalue weighted by Gasteiger charge is -2.22. The van der Waals surface area contributed by atoms with Crippen molar-refractivity contribution in [2.75, 3.05) is 31.6 Å². The molecule has 0 radical (unpaired) electrons. The zero-order chi connectivity index (χ0) is 19.7. The summed E-state index contributed by atoms with van der Waals surface area (Å²) in [6.45, 7) is 0.736. The minimum absolute atomic E-state index is 0.0854. The highest BCUT2D eigenvalue weighted by Gasteiger charge is 2.40. The predicted molar refractivity (Wildman–Crippen MR) is 101 cm³/mol. The standard InChI is InChI=1S/C20H24F3N3O/c1-26(17-11-6-3-7-12-17)14-8-13-24-18(27)15-25-19(20(21,22)23)16-9-4-2-5-10-16/h2-7,9-12,19,25H,8,13-15H2,1H3,(H,24,27). The maximum Gasteiger partial charge on any atom is 0.407 e. The number of halogens is 3. The molecular weight excluding hydrogens is 355 g/mol. The van der Waals surface area contributed by atoms with E-state index < -0.39 is 24.7 Å². The van der Waals surface area contributed by atoms with Gasteiger partial charge < -0.3 is 10.2 Å². The van der Waals surface area contributed by atoms with Crippen molar-refractivity contribution in [3.8, 4) is 0 Å². The molecule has 2 rings (SSSR count). The molecule has 7 heteroatoms. The quantitative estimate of drug-likeness (QED) is 0.656. The molecule has 2 aromatic rings. The van der Waals surface area contributed by atoms with Crippen molar-refractivity contribution in [2.45, 2.75) is 18.6 Å². The van der Waals surface area contributed by atoms with E-state index >= 15 is 0 Å². The molecule has 0 spiro atoms. The van der Waals surface area contributed by atoms with E-state index in [1.54, 1.807) is 18.2 Å². The number of carbonyl (C=O) groups excluding carboxylic acids is 1. The molecule has 0 saturated heterocycles. The number of nitrogens with zero attached hydrogens (tertiary/aromatic N) is 1. The molecule has 0 aliphatic carbocycles. The van der Waals surface area contributed by atoms with E-state index in [0.717, 1.165) is 12.2 Å². The molecule has 0 bridgehead atoms. The number of anilines is 1. The van der Waals surface area contributed by atoms with Gasteiger partial charge in [-0.3, -0.25) is 10.1 Å². The van der Waals surface area contributed by atoms with Crippen LogP contribution in [0.2, 0.25) is 0 Å². The van der Waals surface area contributed by atoms with E-state index in [-0.39, 0.29) is 5.56 Å². The molecule has 27 heavy (non-hydrogen) atoms. The van der Waals surface area contributed by atoms with Crippen molar-refractivity contribution in [2.24, 2.45) is 0 Å². The molecular formula is C20H24F3N3O. The summed E-state index contributed by atoms with van der Waals surface area (Å²) >= 11 is 0. The Morgan fingerprint density at radius 3 is 2.22 bits per heavy atom. The number of benzene rings is 2. The highest BCUT2D eigenvalue weighted by Crippen LogP contribution is 2.32. The number of carbonyl (C=O) groups is 1. The number of para-hydroxylation sites is 1. The number of rotatable bonds is 9. The lowest BCUT2D eigenvalue weighted by molar-refractivity contribution is -0.158. The van der Waals surface area contributed by atoms with E-state index in [4.69, 9.17) is 0 Å². The molecule has 4 nitrogen and oxygen atoms in total. The fraction of sp³-hybridized carbons (Fsp3) is 0.350. The molecule has 1 amide bonds. The van der Waals surface area contributed by atoms with Crippen LogP contribution in [-0.4, -0.2) is 38.8 Å². The summed E-state index contributed by atoms with van der Waals surface area (Å²) in [5.41, 5.74) is 1.16. The van der Waals surface area contributed by atoms with Crippen molar-refractivity contribution in [1.29, 1.82) is 0 Å². The first-order valence-electron chi connectivity index (χ1n) is 8.76. The smallest absolute Gasteiger partial charge is 0.375 e. The Labute approximate surface area is 157 Å². The molecule has 2 aromatic carbocycles. The monoisotopic (exact) mass is 379 g/mol. The summed E-state index contributed by atoms with van der Waals surface area (Å²) in [7, 11) is 1.95. The maximum absolute atomic E-state index is 13.2. The van der Waals surface area contributed by atoms with Crippen LogP contribution in [0.4, 0.5) is 18.9 Å². The van der Waals surface area contributed by atoms with Gasteiger partial charge in [0.1, 0.15) is 6.04 Å². The van der Waals surface area contributed by atoms with Gasteiger partial charge in [-0.1, -0.05) is 48.5 Å². The third kappa shape index (κ3) is 6.94. The molecule has 146 valence electrons. The molecule has 0 heterocycles. The first-order valence-corrected chi connectivity index (χ1v) is 8.76. The Hall–Kier alpha value is -2.54. The Bertz CT molecular complexity index is 693. The number of alkyl halides is 3. The van der Waals surface area contributed by atoms with Crippen molar-refractivity contribution in [3.63, 3.8) is 0 Å². The summed E-state index contributed by atoms with van der Waals surface area (Å²) in [4.78, 5) is 13.9. The Morgan fingerprint density at radius 2 is 1.63 bits per heavy atom. The summed E-state index contributed by atoms with van der Waals surface area (Å²) in [5, 5.41) is 4.96. The molecule has 2 N–H and O–H groups in total. The minimum atomic E-state index is -4.47. The first kappa shape index (κ1) is 20.8. The maximum atomic E-state index is 13.2. The van der Waals surface area contributed by atoms with E-state index in [1.807, 2.05) is 37.4 Å². The molecule has 0 aliphatic rings. The summed E-state index contributed by atoms with van der Waals surface area (Å²) in [5.74, 6) is -0.456. The van der Waals surface area contributed by atoms with E-state index in [2.05, 4.69) is 15.5 Å². The second-order valence-corrected chi connectivity index (χ2v) is 6.23. The summed E-state index contributed by atoms with van der Waals surface area (Å²) in [6, 6.07) is 15.5. The van der Waals surface area contributed by atoms with Gasteiger partial charge in [0, 0.05) is 25.8 Å². The van der Waals surface area contributed by atoms with Gasteiger partial charge in [0.05, 0.1) is 6.54 Å². The average Bonchev–Trinajstić information content (AvgIpc) is 2.65. The average molecular weight is 379 g/mol. The van der Waals surface area contributed by atoms with Crippen LogP contribution >= 0.6 is 0 Å². The molecule has 0 fully saturated rings. The van der Waals surface area contributed by atoms with Crippen LogP contribution < -0.4 is 15.5 Å². The van der Waals surface area contributed by atoms with Gasteiger partial charge >= 0.3 is 6.18 Å². The minimum Gasteiger partial charge on any atom is -0.375 e. The number of amides is 1. The van der Waals surface area contributed by atoms with Crippen molar-refractivity contribution in [3.05, 3.63) is 66.2 Å². The third-order valence-corrected chi connectivity index (χ3v) is 4.12. The van der Waals surface area contributed by atoms with E-state index in [9.17, 15) is 18.0 Å². The number of hydrogen-bond acceptors (Lipinski definition) is 3. The van der Waals surface area contributed by atoms with Crippen molar-refractivity contribution < 1.29 is 18.0 Å². The van der Waals surface area contributed by atoms with Crippen LogP contribution in [0.1, 0.15) is 18.0 Å². The van der Waals surface area contributed by atoms with Gasteiger partial charge in [0.2, 0.25) is 5.91 Å². The SMILES string of the molecule is CN(CCCNC(=O)CNC(c1ccccc1)C(F)(F)F)c1ccccc1. The Kier molecular flexibility index (Phi) is 7.67. The molecule has 0 aromatic heterocycles. The van der Waals surface area contributed by atoms with Gasteiger partial charge in [-0.15, -0.1) is 0 Å². The van der Waals surface area contributed by atoms with Gasteiger partial charge in [-0.05, 0) is 24.1 Å². The van der Waals surface area contributed by atoms with Gasteiger partial charge in [-0.25, -0.2) is 0 Å². The zero-order valence-corrected chi connectivity index (χ0v) is 15.2. The first-order chi connectivity index (χ1) is 12.9. The summed E-state index contributed by atoms with van der Waals surface area (Å²) in [6.07, 6.45) is -3.78. The van der Waals surface area contributed by atoms with Crippen LogP contribution in [-0.2, 0) is 4.79 Å². The van der Waals surface area contributed by atoms with Crippen molar-refractivity contribution >= 4 is 11.6 Å². The lowest BCUT2D eigenvalue weighted by atomic mass is 10.1. The largest absolute Gasteiger partial charge is 0.407 e. The Morgan fingerprint density at radius 1 is 1.04 bits per heavy atom. The number of nitrogens with one attached hydrogen (secondary N) is 2. The molecule has 1 atom stereocenters. The fourth-order valence-electron chi connectivity index (χ4n) is 2.68. The van der Waals surface area contributed by atoms with Crippen LogP contribution in [0, 0.1) is 0 Å². The second kappa shape index (κ2) is 9.97. The van der Waals surface area contributed by atoms with E-state index in [0.29, 0.717) is 13.0 Å². The van der Waals surface area contributed by atoms with Crippen LogP contribution in [0.25, 0.3) is 0 Å². The van der Waals surface area contributed by atoms with Gasteiger partial charge in [0.15, 0.2) is 0 Å². The molecule has 0 aliphatic heterocycles. The topological polar surface area (TPSA) is 44.4 Å². The van der Waals surface area contributed by atoms with Crippen molar-refractivity contribution in [1.82, 2.24) is 10.6 Å². The lowest BCUT2D eigenvalue weighted by Crippen LogP contribution is -2.41. The normalized spacial score (nSPS) is 12.4. The highest BCUT2D eigenvalue weighted by molar-refractivity contribution is 5.78. The van der Waals surface area contributed by atoms with Gasteiger partial charge in [-0.2, -0.15) is 13.2 Å². The van der Waals surface area contributed by atoms with Crippen LogP contribution in [0.5, 0.6) is 0 Å². The van der Waals surface area contributed by atoms with E-state index in [1.165, 1.54) is 12.1 Å². The number of hydrogen-bond donors (Lipinski definition) is 2. The molecule has 0 saturated carbocycles. The Balaban J connectivity index is 1.73. The van der Waals surface area contributed by atoms with Crippen LogP contribution in [0.15, 0.2) is 60.7 Å². The predicted octanol–water partition coefficient (Wildman–Crippen LogP) is 3.52. The zero-order valence-electron chi connectivity index (χ0n) is 15.2. The van der Waals surface area contributed by atoms with Crippen LogP contribution in [0.3, 0.4) is 0 Å². The second-order valence-electron chi connectivity index (χ2n) is 6.23. The molecule has 1 unspecified atom stereocenters. The fourth-order valence-corrected chi connectivity index (χ4v) is 2.68. The summed E-state index contributed by atoms with van der Waals surface area (Å²) < 4.78 is 39.6. The van der Waals surface area contributed by atoms with Gasteiger partial charge in [0.25, 0.3) is 0 Å².